The predicted octanol–water partition coefficient (Wildman–Crippen LogP) is 5.10. The molecule has 0 spiro atoms. The Bertz CT molecular complexity index is 823. The largest absolute Gasteiger partial charge is 0.425 e. The number of hydrogen-bond acceptors (Lipinski definition) is 3. The number of ether oxygens (including phenoxy) is 1. The van der Waals surface area contributed by atoms with Crippen LogP contribution in [0.3, 0.4) is 0 Å². The van der Waals surface area contributed by atoms with Crippen molar-refractivity contribution in [2.45, 2.75) is 12.8 Å². The maximum Gasteiger partial charge on any atom is 0.316 e. The molecule has 0 unspecified atom stereocenters. The molecule has 0 N–H and O–H groups in total. The normalized spacial score (nSPS) is 17.0. The van der Waals surface area contributed by atoms with Gasteiger partial charge in [0.05, 0.1) is 10.9 Å². The van der Waals surface area contributed by atoms with Crippen molar-refractivity contribution in [2.75, 3.05) is 13.1 Å². The first-order valence-electron chi connectivity index (χ1n) is 8.16. The molecular formula is C19H16Cl3NO3. The van der Waals surface area contributed by atoms with Crippen molar-refractivity contribution < 1.29 is 14.3 Å². The minimum Gasteiger partial charge on any atom is -0.425 e. The topological polar surface area (TPSA) is 46.6 Å². The van der Waals surface area contributed by atoms with Gasteiger partial charge in [0.15, 0.2) is 5.75 Å². The fourth-order valence-electron chi connectivity index (χ4n) is 2.88. The Morgan fingerprint density at radius 2 is 1.77 bits per heavy atom. The number of nitrogens with zero attached hydrogens (tertiary/aromatic N) is 1. The molecule has 2 aromatic rings. The zero-order chi connectivity index (χ0) is 18.7. The first-order valence-corrected chi connectivity index (χ1v) is 9.29. The summed E-state index contributed by atoms with van der Waals surface area (Å²) in [6.07, 6.45) is 1.38. The van der Waals surface area contributed by atoms with Gasteiger partial charge in [-0.05, 0) is 49.2 Å². The summed E-state index contributed by atoms with van der Waals surface area (Å²) in [6, 6.07) is 11.6. The Hall–Kier alpha value is -1.75. The van der Waals surface area contributed by atoms with Crippen LogP contribution in [-0.4, -0.2) is 29.9 Å². The number of likely N-dealkylation sites (tertiary alicyclic amines) is 1. The summed E-state index contributed by atoms with van der Waals surface area (Å²) in [7, 11) is 0. The highest BCUT2D eigenvalue weighted by atomic mass is 35.5. The fourth-order valence-corrected chi connectivity index (χ4v) is 3.34. The lowest BCUT2D eigenvalue weighted by Gasteiger charge is -2.31. The molecule has 1 atom stereocenters. The van der Waals surface area contributed by atoms with E-state index in [0.29, 0.717) is 35.1 Å². The molecule has 26 heavy (non-hydrogen) atoms. The van der Waals surface area contributed by atoms with E-state index in [9.17, 15) is 9.59 Å². The molecule has 1 aliphatic rings. The van der Waals surface area contributed by atoms with Gasteiger partial charge in [0, 0.05) is 23.7 Å². The number of halogens is 3. The van der Waals surface area contributed by atoms with Crippen molar-refractivity contribution in [3.8, 4) is 5.75 Å². The van der Waals surface area contributed by atoms with E-state index in [4.69, 9.17) is 39.5 Å². The van der Waals surface area contributed by atoms with Crippen LogP contribution in [0.5, 0.6) is 5.75 Å². The van der Waals surface area contributed by atoms with E-state index in [1.54, 1.807) is 47.4 Å². The number of esters is 1. The van der Waals surface area contributed by atoms with Gasteiger partial charge in [-0.15, -0.1) is 0 Å². The third-order valence-electron chi connectivity index (χ3n) is 4.26. The number of benzene rings is 2. The average molecular weight is 413 g/mol. The van der Waals surface area contributed by atoms with Crippen LogP contribution in [0, 0.1) is 5.92 Å². The van der Waals surface area contributed by atoms with E-state index in [1.165, 1.54) is 0 Å². The van der Waals surface area contributed by atoms with Crippen LogP contribution in [0.2, 0.25) is 15.1 Å². The highest BCUT2D eigenvalue weighted by molar-refractivity contribution is 6.43. The summed E-state index contributed by atoms with van der Waals surface area (Å²) in [5.74, 6) is -0.719. The van der Waals surface area contributed by atoms with Gasteiger partial charge in [-0.2, -0.15) is 0 Å². The number of carbonyl (C=O) groups is 2. The van der Waals surface area contributed by atoms with Crippen LogP contribution in [0.25, 0.3) is 0 Å². The van der Waals surface area contributed by atoms with Crippen molar-refractivity contribution in [3.63, 3.8) is 0 Å². The van der Waals surface area contributed by atoms with E-state index in [-0.39, 0.29) is 16.7 Å². The Kier molecular flexibility index (Phi) is 6.07. The summed E-state index contributed by atoms with van der Waals surface area (Å²) in [4.78, 5) is 26.8. The molecule has 2 aromatic carbocycles. The monoisotopic (exact) mass is 411 g/mol. The van der Waals surface area contributed by atoms with Crippen LogP contribution >= 0.6 is 34.8 Å². The van der Waals surface area contributed by atoms with E-state index in [0.717, 1.165) is 6.42 Å². The van der Waals surface area contributed by atoms with Crippen molar-refractivity contribution >= 4 is 46.7 Å². The smallest absolute Gasteiger partial charge is 0.316 e. The maximum absolute atomic E-state index is 12.6. The number of rotatable bonds is 3. The molecule has 0 bridgehead atoms. The number of piperidine rings is 1. The van der Waals surface area contributed by atoms with Crippen LogP contribution in [0.4, 0.5) is 0 Å². The van der Waals surface area contributed by atoms with Gasteiger partial charge in [0.1, 0.15) is 5.02 Å². The van der Waals surface area contributed by atoms with Gasteiger partial charge in [0.25, 0.3) is 5.91 Å². The molecule has 0 saturated carbocycles. The molecule has 1 amide bonds. The molecule has 1 fully saturated rings. The second kappa shape index (κ2) is 8.30. The maximum atomic E-state index is 12.6. The summed E-state index contributed by atoms with van der Waals surface area (Å²) < 4.78 is 5.40. The quantitative estimate of drug-likeness (QED) is 0.520. The van der Waals surface area contributed by atoms with Gasteiger partial charge in [-0.3, -0.25) is 9.59 Å². The lowest BCUT2D eigenvalue weighted by atomic mass is 9.97. The Morgan fingerprint density at radius 3 is 2.50 bits per heavy atom. The van der Waals surface area contributed by atoms with E-state index < -0.39 is 11.9 Å². The van der Waals surface area contributed by atoms with Gasteiger partial charge < -0.3 is 9.64 Å². The minimum absolute atomic E-state index is 0.125. The summed E-state index contributed by atoms with van der Waals surface area (Å²) >= 11 is 17.9. The molecule has 0 radical (unpaired) electrons. The minimum atomic E-state index is -0.414. The van der Waals surface area contributed by atoms with Crippen LogP contribution in [-0.2, 0) is 4.79 Å². The zero-order valence-corrected chi connectivity index (χ0v) is 16.0. The first-order chi connectivity index (χ1) is 12.5. The first kappa shape index (κ1) is 19.0. The summed E-state index contributed by atoms with van der Waals surface area (Å²) in [5.41, 5.74) is 0.543. The molecule has 7 heteroatoms. The van der Waals surface area contributed by atoms with Crippen molar-refractivity contribution in [3.05, 3.63) is 63.1 Å². The second-order valence-corrected chi connectivity index (χ2v) is 7.29. The molecule has 0 aliphatic carbocycles. The van der Waals surface area contributed by atoms with Crippen molar-refractivity contribution in [1.29, 1.82) is 0 Å². The van der Waals surface area contributed by atoms with Crippen LogP contribution in [0.15, 0.2) is 42.5 Å². The number of hydrogen-bond donors (Lipinski definition) is 0. The third kappa shape index (κ3) is 4.32. The molecule has 1 saturated heterocycles. The molecule has 4 nitrogen and oxygen atoms in total. The average Bonchev–Trinajstić information content (AvgIpc) is 2.65. The summed E-state index contributed by atoms with van der Waals surface area (Å²) in [6.45, 7) is 0.904. The van der Waals surface area contributed by atoms with Crippen LogP contribution < -0.4 is 4.74 Å². The second-order valence-electron chi connectivity index (χ2n) is 6.07. The lowest BCUT2D eigenvalue weighted by molar-refractivity contribution is -0.140. The SMILES string of the molecule is O=C(Oc1cccc(Cl)c1Cl)[C@H]1CCCN(C(=O)c2ccc(Cl)cc2)C1. The van der Waals surface area contributed by atoms with Gasteiger partial charge in [-0.25, -0.2) is 0 Å². The lowest BCUT2D eigenvalue weighted by Crippen LogP contribution is -2.43. The zero-order valence-electron chi connectivity index (χ0n) is 13.8. The van der Waals surface area contributed by atoms with Crippen molar-refractivity contribution in [1.82, 2.24) is 4.90 Å². The third-order valence-corrected chi connectivity index (χ3v) is 5.31. The standard InChI is InChI=1S/C19H16Cl3NO3/c20-14-8-6-12(7-9-14)18(24)23-10-2-3-13(11-23)19(25)26-16-5-1-4-15(21)17(16)22/h1,4-9,13H,2-3,10-11H2/t13-/m0/s1. The molecule has 1 aliphatic heterocycles. The molecular weight excluding hydrogens is 397 g/mol. The highest BCUT2D eigenvalue weighted by Gasteiger charge is 2.30. The molecule has 3 rings (SSSR count). The molecule has 1 heterocycles. The fraction of sp³-hybridized carbons (Fsp3) is 0.263. The van der Waals surface area contributed by atoms with Gasteiger partial charge in [0.2, 0.25) is 0 Å². The van der Waals surface area contributed by atoms with Gasteiger partial charge in [-0.1, -0.05) is 40.9 Å². The number of carbonyl (C=O) groups excluding carboxylic acids is 2. The predicted molar refractivity (Wildman–Crippen MR) is 102 cm³/mol. The summed E-state index contributed by atoms with van der Waals surface area (Å²) in [5, 5.41) is 1.09. The van der Waals surface area contributed by atoms with Crippen molar-refractivity contribution in [2.24, 2.45) is 5.92 Å². The molecule has 0 aromatic heterocycles. The van der Waals surface area contributed by atoms with E-state index in [2.05, 4.69) is 0 Å². The Labute approximate surface area is 166 Å². The Balaban J connectivity index is 1.67. The Morgan fingerprint density at radius 1 is 1.04 bits per heavy atom. The highest BCUT2D eigenvalue weighted by Crippen LogP contribution is 2.32. The van der Waals surface area contributed by atoms with E-state index >= 15 is 0 Å². The molecule has 136 valence electrons. The van der Waals surface area contributed by atoms with E-state index in [1.807, 2.05) is 0 Å². The van der Waals surface area contributed by atoms with Crippen LogP contribution in [0.1, 0.15) is 23.2 Å². The van der Waals surface area contributed by atoms with Gasteiger partial charge >= 0.3 is 5.97 Å². The number of amides is 1.